The van der Waals surface area contributed by atoms with Gasteiger partial charge in [0.2, 0.25) is 0 Å². The third kappa shape index (κ3) is 1.98. The van der Waals surface area contributed by atoms with E-state index in [0.29, 0.717) is 6.54 Å². The number of nitrogens with zero attached hydrogens (tertiary/aromatic N) is 1. The van der Waals surface area contributed by atoms with Crippen LogP contribution >= 0.6 is 11.3 Å². The van der Waals surface area contributed by atoms with Crippen LogP contribution in [0.1, 0.15) is 12.0 Å². The fourth-order valence-corrected chi connectivity index (χ4v) is 2.45. The summed E-state index contributed by atoms with van der Waals surface area (Å²) in [4.78, 5) is 16.7. The topological polar surface area (TPSA) is 41.6 Å². The van der Waals surface area contributed by atoms with Crippen molar-refractivity contribution in [3.8, 4) is 0 Å². The van der Waals surface area contributed by atoms with Crippen molar-refractivity contribution in [3.63, 3.8) is 0 Å². The van der Waals surface area contributed by atoms with Gasteiger partial charge in [-0.15, -0.1) is 11.3 Å². The second kappa shape index (κ2) is 4.20. The standard InChI is InChI=1S/C10H14N2O2S/c1-7-5-15-6-9(7)11-8-3-4-12(14-2)10(8)13/h5-6,8,11H,3-4H2,1-2H3. The molecule has 0 saturated carbocycles. The zero-order chi connectivity index (χ0) is 10.8. The smallest absolute Gasteiger partial charge is 0.268 e. The summed E-state index contributed by atoms with van der Waals surface area (Å²) in [6.45, 7) is 2.70. The molecule has 1 unspecified atom stereocenters. The Morgan fingerprint density at radius 1 is 1.60 bits per heavy atom. The van der Waals surface area contributed by atoms with Gasteiger partial charge >= 0.3 is 0 Å². The van der Waals surface area contributed by atoms with Crippen molar-refractivity contribution in [1.29, 1.82) is 0 Å². The highest BCUT2D eigenvalue weighted by Gasteiger charge is 2.32. The maximum Gasteiger partial charge on any atom is 0.268 e. The van der Waals surface area contributed by atoms with Crippen molar-refractivity contribution >= 4 is 22.9 Å². The molecule has 1 atom stereocenters. The maximum atomic E-state index is 11.7. The van der Waals surface area contributed by atoms with Crippen molar-refractivity contribution in [3.05, 3.63) is 16.3 Å². The van der Waals surface area contributed by atoms with Gasteiger partial charge in [0.05, 0.1) is 13.7 Å². The number of thiophene rings is 1. The summed E-state index contributed by atoms with van der Waals surface area (Å²) in [5, 5.41) is 8.74. The number of rotatable bonds is 3. The van der Waals surface area contributed by atoms with Gasteiger partial charge in [0.25, 0.3) is 5.91 Å². The lowest BCUT2D eigenvalue weighted by atomic mass is 10.2. The highest BCUT2D eigenvalue weighted by molar-refractivity contribution is 7.08. The summed E-state index contributed by atoms with van der Waals surface area (Å²) in [6, 6.07) is -0.141. The molecule has 0 bridgehead atoms. The van der Waals surface area contributed by atoms with E-state index in [1.165, 1.54) is 17.7 Å². The van der Waals surface area contributed by atoms with Crippen LogP contribution in [0, 0.1) is 6.92 Å². The molecule has 2 rings (SSSR count). The summed E-state index contributed by atoms with van der Waals surface area (Å²) in [5.74, 6) is 0.0168. The molecule has 15 heavy (non-hydrogen) atoms. The Balaban J connectivity index is 2.03. The quantitative estimate of drug-likeness (QED) is 0.851. The van der Waals surface area contributed by atoms with E-state index in [2.05, 4.69) is 10.7 Å². The number of carbonyl (C=O) groups excluding carboxylic acids is 1. The number of anilines is 1. The van der Waals surface area contributed by atoms with Gasteiger partial charge in [-0.3, -0.25) is 9.63 Å². The molecule has 0 radical (unpaired) electrons. The van der Waals surface area contributed by atoms with Crippen LogP contribution in [0.25, 0.3) is 0 Å². The summed E-state index contributed by atoms with van der Waals surface area (Å²) in [7, 11) is 1.52. The van der Waals surface area contributed by atoms with Crippen LogP contribution in [0.2, 0.25) is 0 Å². The van der Waals surface area contributed by atoms with E-state index in [1.54, 1.807) is 11.3 Å². The van der Waals surface area contributed by atoms with Gasteiger partial charge < -0.3 is 5.32 Å². The number of hydrogen-bond donors (Lipinski definition) is 1. The first kappa shape index (κ1) is 10.4. The molecule has 1 aromatic rings. The number of hydrogen-bond acceptors (Lipinski definition) is 4. The van der Waals surface area contributed by atoms with Gasteiger partial charge in [0.1, 0.15) is 6.04 Å². The van der Waals surface area contributed by atoms with E-state index < -0.39 is 0 Å². The molecule has 1 N–H and O–H groups in total. The van der Waals surface area contributed by atoms with Gasteiger partial charge in [-0.1, -0.05) is 0 Å². The minimum Gasteiger partial charge on any atom is -0.373 e. The molecule has 1 aliphatic rings. The van der Waals surface area contributed by atoms with Gasteiger partial charge in [0, 0.05) is 11.1 Å². The van der Waals surface area contributed by atoms with Gasteiger partial charge in [-0.25, -0.2) is 5.06 Å². The summed E-state index contributed by atoms with van der Waals surface area (Å²) in [6.07, 6.45) is 0.794. The largest absolute Gasteiger partial charge is 0.373 e. The Morgan fingerprint density at radius 3 is 2.93 bits per heavy atom. The predicted molar refractivity (Wildman–Crippen MR) is 59.8 cm³/mol. The molecule has 0 aromatic carbocycles. The zero-order valence-electron chi connectivity index (χ0n) is 8.82. The fourth-order valence-electron chi connectivity index (χ4n) is 1.67. The SMILES string of the molecule is CON1CCC(Nc2cscc2C)C1=O. The van der Waals surface area contributed by atoms with Crippen molar-refractivity contribution in [2.45, 2.75) is 19.4 Å². The minimum absolute atomic E-state index is 0.0168. The number of aryl methyl sites for hydroxylation is 1. The third-order valence-electron chi connectivity index (χ3n) is 2.57. The highest BCUT2D eigenvalue weighted by Crippen LogP contribution is 2.23. The van der Waals surface area contributed by atoms with Gasteiger partial charge in [0.15, 0.2) is 0 Å². The first-order valence-corrected chi connectivity index (χ1v) is 5.81. The third-order valence-corrected chi connectivity index (χ3v) is 3.43. The summed E-state index contributed by atoms with van der Waals surface area (Å²) in [5.41, 5.74) is 2.24. The first-order chi connectivity index (χ1) is 7.22. The zero-order valence-corrected chi connectivity index (χ0v) is 9.63. The molecule has 82 valence electrons. The molecular formula is C10H14N2O2S. The highest BCUT2D eigenvalue weighted by atomic mass is 32.1. The lowest BCUT2D eigenvalue weighted by Crippen LogP contribution is -2.32. The molecule has 1 aliphatic heterocycles. The Labute approximate surface area is 92.8 Å². The van der Waals surface area contributed by atoms with Crippen LogP contribution in [-0.4, -0.2) is 30.7 Å². The number of nitrogens with one attached hydrogen (secondary N) is 1. The minimum atomic E-state index is -0.141. The number of carbonyl (C=O) groups is 1. The molecule has 5 heteroatoms. The lowest BCUT2D eigenvalue weighted by Gasteiger charge is -2.14. The van der Waals surface area contributed by atoms with Gasteiger partial charge in [-0.2, -0.15) is 0 Å². The molecule has 1 amide bonds. The molecule has 0 aliphatic carbocycles. The van der Waals surface area contributed by atoms with Crippen LogP contribution in [-0.2, 0) is 9.63 Å². The van der Waals surface area contributed by atoms with E-state index in [4.69, 9.17) is 4.84 Å². The second-order valence-corrected chi connectivity index (χ2v) is 4.32. The van der Waals surface area contributed by atoms with Gasteiger partial charge in [-0.05, 0) is 24.3 Å². The molecule has 1 fully saturated rings. The van der Waals surface area contributed by atoms with Crippen LogP contribution in [0.15, 0.2) is 10.8 Å². The van der Waals surface area contributed by atoms with Crippen LogP contribution in [0.5, 0.6) is 0 Å². The predicted octanol–water partition coefficient (Wildman–Crippen LogP) is 1.63. The molecule has 4 nitrogen and oxygen atoms in total. The van der Waals surface area contributed by atoms with E-state index >= 15 is 0 Å². The lowest BCUT2D eigenvalue weighted by molar-refractivity contribution is -0.167. The summed E-state index contributed by atoms with van der Waals surface area (Å²) < 4.78 is 0. The van der Waals surface area contributed by atoms with E-state index in [1.807, 2.05) is 12.3 Å². The monoisotopic (exact) mass is 226 g/mol. The molecule has 2 heterocycles. The van der Waals surface area contributed by atoms with Crippen LogP contribution < -0.4 is 5.32 Å². The van der Waals surface area contributed by atoms with Crippen molar-refractivity contribution in [2.24, 2.45) is 0 Å². The second-order valence-electron chi connectivity index (χ2n) is 3.58. The molecule has 1 aromatic heterocycles. The van der Waals surface area contributed by atoms with Crippen LogP contribution in [0.3, 0.4) is 0 Å². The first-order valence-electron chi connectivity index (χ1n) is 4.87. The Hall–Kier alpha value is -1.07. The Morgan fingerprint density at radius 2 is 2.40 bits per heavy atom. The maximum absolute atomic E-state index is 11.7. The van der Waals surface area contributed by atoms with Crippen LogP contribution in [0.4, 0.5) is 5.69 Å². The van der Waals surface area contributed by atoms with Crippen molar-refractivity contribution < 1.29 is 9.63 Å². The van der Waals surface area contributed by atoms with Crippen molar-refractivity contribution in [2.75, 3.05) is 19.0 Å². The van der Waals surface area contributed by atoms with E-state index in [0.717, 1.165) is 12.1 Å². The normalized spacial score (nSPS) is 21.1. The average Bonchev–Trinajstić information content (AvgIpc) is 2.77. The summed E-state index contributed by atoms with van der Waals surface area (Å²) >= 11 is 1.64. The molecule has 0 spiro atoms. The molecular weight excluding hydrogens is 212 g/mol. The van der Waals surface area contributed by atoms with E-state index in [9.17, 15) is 4.79 Å². The molecule has 1 saturated heterocycles. The fraction of sp³-hybridized carbons (Fsp3) is 0.500. The number of amides is 1. The Bertz CT molecular complexity index is 364. The number of hydroxylamine groups is 2. The van der Waals surface area contributed by atoms with E-state index in [-0.39, 0.29) is 11.9 Å². The Kier molecular flexibility index (Phi) is 2.93. The average molecular weight is 226 g/mol. The van der Waals surface area contributed by atoms with Crippen molar-refractivity contribution in [1.82, 2.24) is 5.06 Å².